The first-order valence-electron chi connectivity index (χ1n) is 18.3. The molecule has 0 unspecified atom stereocenters. The number of hydrogen-bond acceptors (Lipinski definition) is 8. The van der Waals surface area contributed by atoms with Crippen molar-refractivity contribution in [3.63, 3.8) is 0 Å². The van der Waals surface area contributed by atoms with Crippen LogP contribution in [0.4, 0.5) is 9.59 Å². The lowest BCUT2D eigenvalue weighted by Crippen LogP contribution is -2.46. The minimum atomic E-state index is -1.27. The number of benzene rings is 5. The van der Waals surface area contributed by atoms with E-state index in [2.05, 4.69) is 22.8 Å². The van der Waals surface area contributed by atoms with Gasteiger partial charge in [0, 0.05) is 18.4 Å². The van der Waals surface area contributed by atoms with Gasteiger partial charge in [-0.05, 0) is 75.9 Å². The lowest BCUT2D eigenvalue weighted by Gasteiger charge is -2.21. The molecule has 1 aliphatic heterocycles. The monoisotopic (exact) mass is 735 g/mol. The molecule has 0 bridgehead atoms. The normalized spacial score (nSPS) is 14.3. The van der Waals surface area contributed by atoms with Crippen LogP contribution in [0.2, 0.25) is 0 Å². The van der Waals surface area contributed by atoms with Crippen LogP contribution in [0.25, 0.3) is 22.3 Å². The Morgan fingerprint density at radius 3 is 1.40 bits per heavy atom. The van der Waals surface area contributed by atoms with Gasteiger partial charge < -0.3 is 24.9 Å². The number of imide groups is 1. The van der Waals surface area contributed by atoms with E-state index >= 15 is 0 Å². The zero-order chi connectivity index (χ0) is 37.9. The van der Waals surface area contributed by atoms with Crippen molar-refractivity contribution in [3.8, 4) is 22.3 Å². The van der Waals surface area contributed by atoms with Crippen LogP contribution in [-0.2, 0) is 19.1 Å². The molecule has 8 rings (SSSR count). The molecule has 0 saturated heterocycles. The maximum absolute atomic E-state index is 13.5. The predicted molar refractivity (Wildman–Crippen MR) is 202 cm³/mol. The van der Waals surface area contributed by atoms with Crippen LogP contribution < -0.4 is 10.6 Å². The van der Waals surface area contributed by atoms with Gasteiger partial charge in [-0.15, -0.1) is 0 Å². The summed E-state index contributed by atoms with van der Waals surface area (Å²) in [6, 6.07) is 36.9. The summed E-state index contributed by atoms with van der Waals surface area (Å²) in [5, 5.41) is 5.76. The topological polar surface area (TPSA) is 140 Å². The van der Waals surface area contributed by atoms with Gasteiger partial charge in [-0.1, -0.05) is 114 Å². The van der Waals surface area contributed by atoms with E-state index in [0.29, 0.717) is 17.9 Å². The van der Waals surface area contributed by atoms with Crippen molar-refractivity contribution >= 4 is 30.0 Å². The second-order valence-electron chi connectivity index (χ2n) is 13.6. The van der Waals surface area contributed by atoms with Crippen molar-refractivity contribution in [1.82, 2.24) is 15.7 Å². The number of fused-ring (bicyclic) bond motifs is 7. The molecular formula is C44H37N3O8. The standard InChI is InChI=1S/C44H37N3O8/c48-40-35-21-9-10-22-36(35)41(49)47(40)55-42(50)39(46-44(52)54-26-38-33-19-7-3-15-29(33)30-16-4-8-20-34(30)38)23-11-12-24-45-43(51)53-25-37-31-17-5-1-13-27(31)28-14-2-6-18-32(28)37/h1-10,13-22,37-39H,11-12,23-26H2,(H,45,51)(H,46,52)/t39-/m0/s1. The molecule has 5 aromatic rings. The molecule has 11 nitrogen and oxygen atoms in total. The molecule has 0 fully saturated rings. The molecule has 2 N–H and O–H groups in total. The highest BCUT2D eigenvalue weighted by atomic mass is 16.7. The second kappa shape index (κ2) is 15.3. The van der Waals surface area contributed by atoms with Gasteiger partial charge in [0.05, 0.1) is 11.1 Å². The van der Waals surface area contributed by atoms with E-state index < -0.39 is 36.0 Å². The summed E-state index contributed by atoms with van der Waals surface area (Å²) in [5.74, 6) is -2.84. The Labute approximate surface area is 317 Å². The van der Waals surface area contributed by atoms with Gasteiger partial charge in [0.25, 0.3) is 11.8 Å². The molecule has 3 aliphatic rings. The van der Waals surface area contributed by atoms with Crippen molar-refractivity contribution in [2.24, 2.45) is 0 Å². The smallest absolute Gasteiger partial charge is 0.407 e. The molecule has 11 heteroatoms. The predicted octanol–water partition coefficient (Wildman–Crippen LogP) is 7.36. The Bertz CT molecular complexity index is 2200. The number of carbonyl (C=O) groups is 5. The van der Waals surface area contributed by atoms with E-state index in [4.69, 9.17) is 14.3 Å². The molecule has 0 radical (unpaired) electrons. The molecule has 276 valence electrons. The number of nitrogens with zero attached hydrogens (tertiary/aromatic N) is 1. The van der Waals surface area contributed by atoms with Crippen LogP contribution in [0.5, 0.6) is 0 Å². The van der Waals surface area contributed by atoms with E-state index in [1.54, 1.807) is 12.1 Å². The fourth-order valence-corrected chi connectivity index (χ4v) is 7.75. The number of hydroxylamine groups is 2. The van der Waals surface area contributed by atoms with E-state index in [1.165, 1.54) is 12.1 Å². The van der Waals surface area contributed by atoms with Gasteiger partial charge in [0.1, 0.15) is 19.3 Å². The van der Waals surface area contributed by atoms with E-state index in [-0.39, 0.29) is 49.1 Å². The maximum Gasteiger partial charge on any atom is 0.407 e. The number of alkyl carbamates (subject to hydrolysis) is 2. The molecule has 0 aromatic heterocycles. The molecule has 55 heavy (non-hydrogen) atoms. The van der Waals surface area contributed by atoms with Gasteiger partial charge in [-0.3, -0.25) is 9.59 Å². The average Bonchev–Trinajstić information content (AvgIpc) is 3.80. The van der Waals surface area contributed by atoms with Crippen molar-refractivity contribution in [3.05, 3.63) is 155 Å². The van der Waals surface area contributed by atoms with Crippen LogP contribution in [0, 0.1) is 0 Å². The highest BCUT2D eigenvalue weighted by Gasteiger charge is 2.40. The SMILES string of the molecule is O=C(NCCCC[C@H](NC(=O)OCC1c2ccccc2-c2ccccc21)C(=O)ON1C(=O)c2ccccc2C1=O)OCC1c2ccccc2-c2ccccc21. The van der Waals surface area contributed by atoms with Gasteiger partial charge in [0.2, 0.25) is 0 Å². The summed E-state index contributed by atoms with van der Waals surface area (Å²) in [5.41, 5.74) is 8.91. The lowest BCUT2D eigenvalue weighted by molar-refractivity contribution is -0.171. The van der Waals surface area contributed by atoms with Crippen molar-refractivity contribution in [2.75, 3.05) is 19.8 Å². The highest BCUT2D eigenvalue weighted by molar-refractivity contribution is 6.21. The van der Waals surface area contributed by atoms with E-state index in [0.717, 1.165) is 44.5 Å². The minimum Gasteiger partial charge on any atom is -0.449 e. The van der Waals surface area contributed by atoms with Gasteiger partial charge >= 0.3 is 18.2 Å². The van der Waals surface area contributed by atoms with Crippen molar-refractivity contribution in [1.29, 1.82) is 0 Å². The van der Waals surface area contributed by atoms with Crippen LogP contribution in [0.15, 0.2) is 121 Å². The summed E-state index contributed by atoms with van der Waals surface area (Å²) in [6.45, 7) is 0.432. The molecule has 0 spiro atoms. The van der Waals surface area contributed by atoms with Crippen molar-refractivity contribution in [2.45, 2.75) is 37.1 Å². The molecule has 1 heterocycles. The largest absolute Gasteiger partial charge is 0.449 e. The maximum atomic E-state index is 13.5. The number of ether oxygens (including phenoxy) is 2. The zero-order valence-corrected chi connectivity index (χ0v) is 29.7. The molecule has 2 aliphatic carbocycles. The molecular weight excluding hydrogens is 698 g/mol. The fourth-order valence-electron chi connectivity index (χ4n) is 7.75. The van der Waals surface area contributed by atoms with E-state index in [1.807, 2.05) is 84.9 Å². The first kappa shape index (κ1) is 35.3. The first-order chi connectivity index (χ1) is 26.9. The summed E-state index contributed by atoms with van der Waals surface area (Å²) >= 11 is 0. The van der Waals surface area contributed by atoms with Crippen LogP contribution in [0.3, 0.4) is 0 Å². The van der Waals surface area contributed by atoms with Crippen LogP contribution >= 0.6 is 0 Å². The quantitative estimate of drug-likeness (QED) is 0.100. The fraction of sp³-hybridized carbons (Fsp3) is 0.205. The Balaban J connectivity index is 0.870. The lowest BCUT2D eigenvalue weighted by atomic mass is 9.98. The highest BCUT2D eigenvalue weighted by Crippen LogP contribution is 2.45. The van der Waals surface area contributed by atoms with E-state index in [9.17, 15) is 24.0 Å². The Morgan fingerprint density at radius 2 is 0.945 bits per heavy atom. The number of rotatable bonds is 12. The number of hydrogen-bond donors (Lipinski definition) is 2. The summed E-state index contributed by atoms with van der Waals surface area (Å²) in [4.78, 5) is 70.6. The summed E-state index contributed by atoms with van der Waals surface area (Å²) in [7, 11) is 0. The van der Waals surface area contributed by atoms with Gasteiger partial charge in [0.15, 0.2) is 0 Å². The molecule has 0 saturated carbocycles. The van der Waals surface area contributed by atoms with Gasteiger partial charge in [-0.25, -0.2) is 14.4 Å². The molecule has 1 atom stereocenters. The third-order valence-corrected chi connectivity index (χ3v) is 10.4. The van der Waals surface area contributed by atoms with Crippen LogP contribution in [0.1, 0.15) is 74.1 Å². The Kier molecular flexibility index (Phi) is 9.82. The van der Waals surface area contributed by atoms with Crippen molar-refractivity contribution < 1.29 is 38.3 Å². The second-order valence-corrected chi connectivity index (χ2v) is 13.6. The summed E-state index contributed by atoms with van der Waals surface area (Å²) < 4.78 is 11.3. The minimum absolute atomic E-state index is 0.0179. The zero-order valence-electron chi connectivity index (χ0n) is 29.7. The molecule has 4 amide bonds. The third-order valence-electron chi connectivity index (χ3n) is 10.4. The molecule has 5 aromatic carbocycles. The Hall–Kier alpha value is -6.75. The van der Waals surface area contributed by atoms with Crippen LogP contribution in [-0.4, -0.2) is 60.8 Å². The Morgan fingerprint density at radius 1 is 0.545 bits per heavy atom. The number of nitrogens with one attached hydrogen (secondary N) is 2. The first-order valence-corrected chi connectivity index (χ1v) is 18.3. The number of amides is 4. The number of unbranched alkanes of at least 4 members (excludes halogenated alkanes) is 1. The third kappa shape index (κ3) is 6.92. The number of carbonyl (C=O) groups excluding carboxylic acids is 5. The average molecular weight is 736 g/mol. The van der Waals surface area contributed by atoms with Gasteiger partial charge in [-0.2, -0.15) is 0 Å². The summed E-state index contributed by atoms with van der Waals surface area (Å²) in [6.07, 6.45) is -0.579.